The Morgan fingerprint density at radius 3 is 2.62 bits per heavy atom. The van der Waals surface area contributed by atoms with Crippen molar-refractivity contribution in [3.8, 4) is 0 Å². The third-order valence-electron chi connectivity index (χ3n) is 1.25. The van der Waals surface area contributed by atoms with Crippen LogP contribution in [0.3, 0.4) is 0 Å². The van der Waals surface area contributed by atoms with Gasteiger partial charge in [0, 0.05) is 6.54 Å². The molecule has 0 aromatic rings. The normalized spacial score (nSPS) is 13.2. The summed E-state index contributed by atoms with van der Waals surface area (Å²) in [4.78, 5) is 11.1. The molecule has 13 heavy (non-hydrogen) atoms. The van der Waals surface area contributed by atoms with Crippen LogP contribution in [0.1, 0.15) is 20.8 Å². The molecular weight excluding hydrogens is 167 g/mol. The minimum atomic E-state index is -0.460. The number of nitrogens with one attached hydrogen (secondary N) is 2. The Kier molecular flexibility index (Phi) is 4.52. The second-order valence-corrected chi connectivity index (χ2v) is 4.03. The van der Waals surface area contributed by atoms with Crippen LogP contribution >= 0.6 is 0 Å². The SMILES string of the molecule is BC(C=N)CNC(=O)OC(C)(C)C. The highest BCUT2D eigenvalue weighted by atomic mass is 16.6. The fraction of sp³-hybridized carbons (Fsp3) is 0.750. The van der Waals surface area contributed by atoms with Crippen LogP contribution in [-0.4, -0.2) is 32.3 Å². The lowest BCUT2D eigenvalue weighted by Crippen LogP contribution is -2.34. The molecule has 2 N–H and O–H groups in total. The van der Waals surface area contributed by atoms with Gasteiger partial charge >= 0.3 is 6.09 Å². The molecule has 0 aliphatic carbocycles. The smallest absolute Gasteiger partial charge is 0.407 e. The number of hydrogen-bond donors (Lipinski definition) is 2. The number of alkyl carbamates (subject to hydrolysis) is 1. The Hall–Kier alpha value is -0.995. The third-order valence-corrected chi connectivity index (χ3v) is 1.25. The van der Waals surface area contributed by atoms with Crippen molar-refractivity contribution >= 4 is 20.2 Å². The lowest BCUT2D eigenvalue weighted by atomic mass is 9.89. The highest BCUT2D eigenvalue weighted by Gasteiger charge is 2.15. The first-order chi connectivity index (χ1) is 5.85. The molecule has 0 aromatic carbocycles. The molecule has 0 radical (unpaired) electrons. The summed E-state index contributed by atoms with van der Waals surface area (Å²) in [5, 5.41) is 9.49. The average molecular weight is 184 g/mol. The summed E-state index contributed by atoms with van der Waals surface area (Å²) in [6.07, 6.45) is 0.860. The van der Waals surface area contributed by atoms with Gasteiger partial charge in [-0.25, -0.2) is 4.79 Å². The number of carbonyl (C=O) groups excluding carboxylic acids is 1. The number of hydrogen-bond acceptors (Lipinski definition) is 3. The van der Waals surface area contributed by atoms with Gasteiger partial charge in [0.1, 0.15) is 13.4 Å². The molecular formula is C8H17BN2O2. The van der Waals surface area contributed by atoms with Crippen LogP contribution in [0.4, 0.5) is 4.79 Å². The average Bonchev–Trinajstić information content (AvgIpc) is 1.97. The van der Waals surface area contributed by atoms with Crippen molar-refractivity contribution in [1.82, 2.24) is 5.32 Å². The molecule has 1 unspecified atom stereocenters. The molecule has 0 saturated carbocycles. The summed E-state index contributed by atoms with van der Waals surface area (Å²) in [7, 11) is 1.85. The van der Waals surface area contributed by atoms with Crippen LogP contribution in [-0.2, 0) is 4.74 Å². The molecule has 0 aromatic heterocycles. The fourth-order valence-corrected chi connectivity index (χ4v) is 0.617. The predicted molar refractivity (Wildman–Crippen MR) is 55.3 cm³/mol. The van der Waals surface area contributed by atoms with Crippen molar-refractivity contribution in [2.45, 2.75) is 32.2 Å². The minimum absolute atomic E-state index is 0.0486. The lowest BCUT2D eigenvalue weighted by molar-refractivity contribution is 0.0529. The molecule has 1 atom stereocenters. The summed E-state index contributed by atoms with van der Waals surface area (Å²) < 4.78 is 5.01. The molecule has 0 aliphatic rings. The van der Waals surface area contributed by atoms with Crippen molar-refractivity contribution in [2.24, 2.45) is 0 Å². The van der Waals surface area contributed by atoms with Crippen LogP contribution in [0.2, 0.25) is 5.82 Å². The first-order valence-electron chi connectivity index (χ1n) is 4.32. The van der Waals surface area contributed by atoms with Gasteiger partial charge in [0.05, 0.1) is 0 Å². The maximum Gasteiger partial charge on any atom is 0.407 e. The van der Waals surface area contributed by atoms with E-state index in [1.165, 1.54) is 6.21 Å². The van der Waals surface area contributed by atoms with Crippen molar-refractivity contribution < 1.29 is 9.53 Å². The van der Waals surface area contributed by atoms with Gasteiger partial charge in [-0.05, 0) is 32.8 Å². The summed E-state index contributed by atoms with van der Waals surface area (Å²) in [5.41, 5.74) is -0.460. The van der Waals surface area contributed by atoms with Crippen LogP contribution in [0.25, 0.3) is 0 Å². The zero-order chi connectivity index (χ0) is 10.5. The largest absolute Gasteiger partial charge is 0.444 e. The molecule has 0 heterocycles. The van der Waals surface area contributed by atoms with Crippen molar-refractivity contribution in [2.75, 3.05) is 6.54 Å². The molecule has 5 heteroatoms. The maximum atomic E-state index is 11.1. The van der Waals surface area contributed by atoms with Crippen LogP contribution in [0, 0.1) is 5.41 Å². The quantitative estimate of drug-likeness (QED) is 0.497. The van der Waals surface area contributed by atoms with Gasteiger partial charge in [0.25, 0.3) is 0 Å². The van der Waals surface area contributed by atoms with Crippen LogP contribution < -0.4 is 5.32 Å². The van der Waals surface area contributed by atoms with E-state index in [1.54, 1.807) is 0 Å². The molecule has 0 fully saturated rings. The second kappa shape index (κ2) is 4.89. The van der Waals surface area contributed by atoms with E-state index in [1.807, 2.05) is 28.6 Å². The predicted octanol–water partition coefficient (Wildman–Crippen LogP) is 0.582. The summed E-state index contributed by atoms with van der Waals surface area (Å²) in [6, 6.07) is 0. The van der Waals surface area contributed by atoms with E-state index in [4.69, 9.17) is 10.1 Å². The van der Waals surface area contributed by atoms with E-state index in [9.17, 15) is 4.79 Å². The molecule has 0 spiro atoms. The first-order valence-corrected chi connectivity index (χ1v) is 4.32. The van der Waals surface area contributed by atoms with Crippen molar-refractivity contribution in [3.05, 3.63) is 0 Å². The molecule has 74 valence electrons. The van der Waals surface area contributed by atoms with E-state index >= 15 is 0 Å². The second-order valence-electron chi connectivity index (χ2n) is 4.03. The highest BCUT2D eigenvalue weighted by Crippen LogP contribution is 2.06. The van der Waals surface area contributed by atoms with Crippen molar-refractivity contribution in [1.29, 1.82) is 5.41 Å². The Bertz CT molecular complexity index is 189. The number of amides is 1. The first kappa shape index (κ1) is 12.0. The zero-order valence-electron chi connectivity index (χ0n) is 8.68. The Balaban J connectivity index is 3.70. The Morgan fingerprint density at radius 1 is 1.69 bits per heavy atom. The molecule has 0 bridgehead atoms. The van der Waals surface area contributed by atoms with E-state index in [2.05, 4.69) is 5.32 Å². The highest BCUT2D eigenvalue weighted by molar-refractivity contribution is 6.20. The molecule has 4 nitrogen and oxygen atoms in total. The van der Waals surface area contributed by atoms with E-state index in [0.717, 1.165) is 0 Å². The van der Waals surface area contributed by atoms with E-state index in [0.29, 0.717) is 6.54 Å². The van der Waals surface area contributed by atoms with Gasteiger partial charge < -0.3 is 15.5 Å². The number of ether oxygens (including phenoxy) is 1. The lowest BCUT2D eigenvalue weighted by Gasteiger charge is -2.20. The maximum absolute atomic E-state index is 11.1. The van der Waals surface area contributed by atoms with Gasteiger partial charge in [0.2, 0.25) is 0 Å². The van der Waals surface area contributed by atoms with Gasteiger partial charge in [-0.2, -0.15) is 0 Å². The number of rotatable bonds is 3. The van der Waals surface area contributed by atoms with Crippen molar-refractivity contribution in [3.63, 3.8) is 0 Å². The molecule has 0 rings (SSSR count). The third kappa shape index (κ3) is 7.37. The molecule has 1 amide bonds. The zero-order valence-corrected chi connectivity index (χ0v) is 8.68. The van der Waals surface area contributed by atoms with Gasteiger partial charge in [0.15, 0.2) is 0 Å². The summed E-state index contributed by atoms with van der Waals surface area (Å²) in [5.74, 6) is 0.0486. The Labute approximate surface area is 80.0 Å². The Morgan fingerprint density at radius 2 is 2.23 bits per heavy atom. The standard InChI is InChI=1S/C8H17BN2O2/c1-8(2,3)13-7(12)11-5-6(9)4-10/h4,6,10H,5,9H2,1-3H3,(H,11,12). The van der Waals surface area contributed by atoms with E-state index in [-0.39, 0.29) is 5.82 Å². The van der Waals surface area contributed by atoms with Crippen LogP contribution in [0.15, 0.2) is 0 Å². The minimum Gasteiger partial charge on any atom is -0.444 e. The molecule has 0 saturated heterocycles. The van der Waals surface area contributed by atoms with Gasteiger partial charge in [-0.1, -0.05) is 0 Å². The van der Waals surface area contributed by atoms with Gasteiger partial charge in [-0.15, -0.1) is 0 Å². The summed E-state index contributed by atoms with van der Waals surface area (Å²) in [6.45, 7) is 5.88. The fourth-order valence-electron chi connectivity index (χ4n) is 0.617. The monoisotopic (exact) mass is 184 g/mol. The van der Waals surface area contributed by atoms with Crippen LogP contribution in [0.5, 0.6) is 0 Å². The van der Waals surface area contributed by atoms with E-state index < -0.39 is 11.7 Å². The van der Waals surface area contributed by atoms with Gasteiger partial charge in [-0.3, -0.25) is 0 Å². The topological polar surface area (TPSA) is 62.2 Å². The summed E-state index contributed by atoms with van der Waals surface area (Å²) >= 11 is 0. The number of carbonyl (C=O) groups is 1. The molecule has 0 aliphatic heterocycles.